The average molecular weight is 257 g/mol. The van der Waals surface area contributed by atoms with Crippen LogP contribution in [0.2, 0.25) is 0 Å². The summed E-state index contributed by atoms with van der Waals surface area (Å²) in [6.07, 6.45) is 0. The minimum Gasteiger partial charge on any atom is -0.354 e. The van der Waals surface area contributed by atoms with Crippen LogP contribution in [0.25, 0.3) is 0 Å². The first-order chi connectivity index (χ1) is 8.14. The quantitative estimate of drug-likeness (QED) is 0.687. The fourth-order valence-electron chi connectivity index (χ4n) is 1.47. The van der Waals surface area contributed by atoms with Crippen molar-refractivity contribution >= 4 is 11.7 Å². The number of Topliss-reactive ketones (excluding diaryl/α,β-unsaturated/α-hetero) is 1. The van der Waals surface area contributed by atoms with Gasteiger partial charge in [-0.25, -0.2) is 0 Å². The summed E-state index contributed by atoms with van der Waals surface area (Å²) in [5.41, 5.74) is -0.381. The van der Waals surface area contributed by atoms with Crippen LogP contribution >= 0.6 is 0 Å². The molecule has 0 fully saturated rings. The molecular weight excluding hydrogens is 230 g/mol. The van der Waals surface area contributed by atoms with Crippen LogP contribution in [0.15, 0.2) is 0 Å². The number of carbonyl (C=O) groups is 2. The lowest BCUT2D eigenvalue weighted by atomic mass is 9.87. The Morgan fingerprint density at radius 1 is 1.22 bits per heavy atom. The molecule has 18 heavy (non-hydrogen) atoms. The summed E-state index contributed by atoms with van der Waals surface area (Å²) in [4.78, 5) is 25.4. The third-order valence-corrected chi connectivity index (χ3v) is 2.58. The van der Waals surface area contributed by atoms with Crippen molar-refractivity contribution in [2.24, 2.45) is 5.41 Å². The number of hydrogen-bond donors (Lipinski definition) is 2. The van der Waals surface area contributed by atoms with Crippen molar-refractivity contribution in [3.63, 3.8) is 0 Å². The van der Waals surface area contributed by atoms with Gasteiger partial charge in [-0.2, -0.15) is 0 Å². The molecule has 1 atom stereocenters. The van der Waals surface area contributed by atoms with Crippen molar-refractivity contribution < 1.29 is 9.59 Å². The second-order valence-electron chi connectivity index (χ2n) is 5.87. The van der Waals surface area contributed by atoms with Gasteiger partial charge in [0.2, 0.25) is 5.91 Å². The van der Waals surface area contributed by atoms with E-state index in [4.69, 9.17) is 0 Å². The minimum absolute atomic E-state index is 0.0783. The molecule has 0 saturated heterocycles. The third kappa shape index (κ3) is 7.40. The molecule has 2 N–H and O–H groups in total. The van der Waals surface area contributed by atoms with Gasteiger partial charge < -0.3 is 10.2 Å². The van der Waals surface area contributed by atoms with E-state index in [1.165, 1.54) is 0 Å². The molecule has 0 saturated carbocycles. The van der Waals surface area contributed by atoms with Gasteiger partial charge in [-0.1, -0.05) is 20.8 Å². The van der Waals surface area contributed by atoms with Crippen molar-refractivity contribution in [1.82, 2.24) is 15.5 Å². The summed E-state index contributed by atoms with van der Waals surface area (Å²) in [5.74, 6) is 0.0361. The zero-order valence-corrected chi connectivity index (χ0v) is 12.5. The van der Waals surface area contributed by atoms with E-state index in [0.29, 0.717) is 6.54 Å². The summed E-state index contributed by atoms with van der Waals surface area (Å²) in [5, 5.41) is 5.74. The maximum atomic E-state index is 11.9. The monoisotopic (exact) mass is 257 g/mol. The largest absolute Gasteiger partial charge is 0.354 e. The number of nitrogens with one attached hydrogen (secondary N) is 2. The number of amides is 1. The van der Waals surface area contributed by atoms with Gasteiger partial charge in [0.25, 0.3) is 0 Å². The van der Waals surface area contributed by atoms with Crippen LogP contribution in [0.5, 0.6) is 0 Å². The normalized spacial score (nSPS) is 13.5. The first-order valence-corrected chi connectivity index (χ1v) is 6.33. The molecule has 5 heteroatoms. The first kappa shape index (κ1) is 17.1. The molecule has 0 unspecified atom stereocenters. The van der Waals surface area contributed by atoms with E-state index in [1.807, 2.05) is 39.8 Å². The molecule has 0 aromatic rings. The van der Waals surface area contributed by atoms with Gasteiger partial charge in [0.1, 0.15) is 0 Å². The highest BCUT2D eigenvalue weighted by Crippen LogP contribution is 2.16. The van der Waals surface area contributed by atoms with E-state index >= 15 is 0 Å². The summed E-state index contributed by atoms with van der Waals surface area (Å²) in [6, 6.07) is -0.301. The van der Waals surface area contributed by atoms with Gasteiger partial charge in [-0.15, -0.1) is 0 Å². The Bertz CT molecular complexity index is 282. The van der Waals surface area contributed by atoms with Gasteiger partial charge in [0.05, 0.1) is 12.6 Å². The molecule has 5 nitrogen and oxygen atoms in total. The fourth-order valence-corrected chi connectivity index (χ4v) is 1.47. The lowest BCUT2D eigenvalue weighted by Gasteiger charge is -2.22. The molecule has 0 aliphatic heterocycles. The van der Waals surface area contributed by atoms with Gasteiger partial charge in [-0.3, -0.25) is 14.9 Å². The number of ketones is 1. The number of likely N-dealkylation sites (N-methyl/N-ethyl adjacent to an activating group) is 1. The second kappa shape index (κ2) is 7.48. The maximum absolute atomic E-state index is 11.9. The van der Waals surface area contributed by atoms with Crippen molar-refractivity contribution in [2.75, 3.05) is 33.7 Å². The molecule has 0 aliphatic rings. The lowest BCUT2D eigenvalue weighted by molar-refractivity contribution is -0.128. The summed E-state index contributed by atoms with van der Waals surface area (Å²) in [7, 11) is 3.91. The summed E-state index contributed by atoms with van der Waals surface area (Å²) >= 11 is 0. The maximum Gasteiger partial charge on any atom is 0.234 e. The van der Waals surface area contributed by atoms with E-state index in [1.54, 1.807) is 6.92 Å². The van der Waals surface area contributed by atoms with Gasteiger partial charge >= 0.3 is 0 Å². The molecule has 0 aliphatic carbocycles. The predicted octanol–water partition coefficient (Wildman–Crippen LogP) is 0.258. The zero-order valence-electron chi connectivity index (χ0n) is 12.5. The number of carbonyl (C=O) groups excluding carboxylic acids is 2. The SMILES string of the molecule is C[C@@H](NCC(=O)NCCN(C)C)C(=O)C(C)(C)C. The zero-order chi connectivity index (χ0) is 14.3. The Morgan fingerprint density at radius 3 is 2.22 bits per heavy atom. The Labute approximate surface area is 110 Å². The van der Waals surface area contributed by atoms with Crippen LogP contribution < -0.4 is 10.6 Å². The van der Waals surface area contributed by atoms with Crippen molar-refractivity contribution in [2.45, 2.75) is 33.7 Å². The Hall–Kier alpha value is -0.940. The molecule has 0 rings (SSSR count). The molecule has 1 amide bonds. The molecule has 0 aromatic carbocycles. The Kier molecular flexibility index (Phi) is 7.09. The molecule has 0 bridgehead atoms. The second-order valence-corrected chi connectivity index (χ2v) is 5.87. The topological polar surface area (TPSA) is 61.4 Å². The fraction of sp³-hybridized carbons (Fsp3) is 0.846. The average Bonchev–Trinajstić information content (AvgIpc) is 2.23. The van der Waals surface area contributed by atoms with Crippen LogP contribution in [0.1, 0.15) is 27.7 Å². The van der Waals surface area contributed by atoms with Crippen LogP contribution in [0, 0.1) is 5.41 Å². The van der Waals surface area contributed by atoms with Crippen molar-refractivity contribution in [1.29, 1.82) is 0 Å². The van der Waals surface area contributed by atoms with Crippen LogP contribution in [0.3, 0.4) is 0 Å². The van der Waals surface area contributed by atoms with Crippen LogP contribution in [-0.2, 0) is 9.59 Å². The van der Waals surface area contributed by atoms with Gasteiger partial charge in [-0.05, 0) is 21.0 Å². The summed E-state index contributed by atoms with van der Waals surface area (Å²) in [6.45, 7) is 9.04. The minimum atomic E-state index is -0.381. The highest BCUT2D eigenvalue weighted by atomic mass is 16.2. The molecule has 0 aromatic heterocycles. The van der Waals surface area contributed by atoms with E-state index in [2.05, 4.69) is 10.6 Å². The highest BCUT2D eigenvalue weighted by Gasteiger charge is 2.26. The molecule has 0 heterocycles. The predicted molar refractivity (Wildman–Crippen MR) is 73.5 cm³/mol. The first-order valence-electron chi connectivity index (χ1n) is 6.33. The number of nitrogens with zero attached hydrogens (tertiary/aromatic N) is 1. The Balaban J connectivity index is 3.89. The number of hydrogen-bond acceptors (Lipinski definition) is 4. The summed E-state index contributed by atoms with van der Waals surface area (Å²) < 4.78 is 0. The smallest absolute Gasteiger partial charge is 0.234 e. The van der Waals surface area contributed by atoms with E-state index < -0.39 is 0 Å². The van der Waals surface area contributed by atoms with Crippen LogP contribution in [0.4, 0.5) is 0 Å². The van der Waals surface area contributed by atoms with Gasteiger partial charge in [0.15, 0.2) is 5.78 Å². The van der Waals surface area contributed by atoms with Crippen LogP contribution in [-0.4, -0.2) is 56.4 Å². The molecule has 106 valence electrons. The molecule has 0 spiro atoms. The van der Waals surface area contributed by atoms with Gasteiger partial charge in [0, 0.05) is 18.5 Å². The standard InChI is InChI=1S/C13H27N3O2/c1-10(12(18)13(2,3)4)15-9-11(17)14-7-8-16(5)6/h10,15H,7-9H2,1-6H3,(H,14,17)/t10-/m1/s1. The molecule has 0 radical (unpaired) electrons. The van der Waals surface area contributed by atoms with Crippen molar-refractivity contribution in [3.8, 4) is 0 Å². The molecular formula is C13H27N3O2. The van der Waals surface area contributed by atoms with Crippen molar-refractivity contribution in [3.05, 3.63) is 0 Å². The number of rotatable bonds is 7. The Morgan fingerprint density at radius 2 is 1.78 bits per heavy atom. The van der Waals surface area contributed by atoms with E-state index in [-0.39, 0.29) is 29.7 Å². The lowest BCUT2D eigenvalue weighted by Crippen LogP contribution is -2.45. The third-order valence-electron chi connectivity index (χ3n) is 2.58. The highest BCUT2D eigenvalue weighted by molar-refractivity contribution is 5.89. The van der Waals surface area contributed by atoms with E-state index in [9.17, 15) is 9.59 Å². The van der Waals surface area contributed by atoms with E-state index in [0.717, 1.165) is 6.54 Å².